The number of nitrogen functional groups attached to an aromatic ring is 1. The summed E-state index contributed by atoms with van der Waals surface area (Å²) in [5.41, 5.74) is 8.41. The fraction of sp³-hybridized carbons (Fsp3) is 0.200. The Balaban J connectivity index is 2.26. The van der Waals surface area contributed by atoms with Gasteiger partial charge < -0.3 is 10.6 Å². The topological polar surface area (TPSA) is 29.3 Å². The van der Waals surface area contributed by atoms with Gasteiger partial charge in [0, 0.05) is 29.5 Å². The molecule has 0 fully saturated rings. The fourth-order valence-electron chi connectivity index (χ4n) is 1.98. The molecule has 2 nitrogen and oxygen atoms in total. The second-order valence-corrected chi connectivity index (χ2v) is 4.77. The lowest BCUT2D eigenvalue weighted by molar-refractivity contribution is 0.626. The molecule has 4 heteroatoms. The fourth-order valence-corrected chi connectivity index (χ4v) is 2.17. The van der Waals surface area contributed by atoms with E-state index in [-0.39, 0.29) is 5.82 Å². The Hall–Kier alpha value is -1.74. The summed E-state index contributed by atoms with van der Waals surface area (Å²) < 4.78 is 13.3. The Labute approximate surface area is 117 Å². The van der Waals surface area contributed by atoms with Crippen molar-refractivity contribution < 1.29 is 4.39 Å². The molecular weight excluding hydrogens is 263 g/mol. The van der Waals surface area contributed by atoms with Crippen LogP contribution in [0.4, 0.5) is 15.8 Å². The van der Waals surface area contributed by atoms with Gasteiger partial charge in [-0.25, -0.2) is 4.39 Å². The van der Waals surface area contributed by atoms with Crippen LogP contribution >= 0.6 is 11.6 Å². The van der Waals surface area contributed by atoms with E-state index in [1.807, 2.05) is 24.0 Å². The molecule has 100 valence electrons. The van der Waals surface area contributed by atoms with Gasteiger partial charge in [-0.15, -0.1) is 0 Å². The molecule has 0 aromatic heterocycles. The van der Waals surface area contributed by atoms with Gasteiger partial charge in [0.2, 0.25) is 0 Å². The number of nitrogens with two attached hydrogens (primary N) is 1. The third-order valence-electron chi connectivity index (χ3n) is 3.02. The largest absolute Gasteiger partial charge is 0.398 e. The molecule has 0 bridgehead atoms. The van der Waals surface area contributed by atoms with Crippen LogP contribution in [0.3, 0.4) is 0 Å². The highest BCUT2D eigenvalue weighted by Gasteiger charge is 2.09. The monoisotopic (exact) mass is 278 g/mol. The molecule has 0 atom stereocenters. The number of rotatable bonds is 4. The molecule has 0 unspecified atom stereocenters. The van der Waals surface area contributed by atoms with Crippen molar-refractivity contribution in [1.82, 2.24) is 0 Å². The summed E-state index contributed by atoms with van der Waals surface area (Å²) in [7, 11) is 0. The molecule has 2 aromatic carbocycles. The molecule has 0 aliphatic rings. The SMILES string of the molecule is CCN(Cc1cc(Cl)ccc1N)c1cccc(F)c1. The molecule has 2 N–H and O–H groups in total. The van der Waals surface area contributed by atoms with Crippen molar-refractivity contribution >= 4 is 23.0 Å². The number of hydrogen-bond donors (Lipinski definition) is 1. The number of anilines is 2. The smallest absolute Gasteiger partial charge is 0.125 e. The van der Waals surface area contributed by atoms with E-state index < -0.39 is 0 Å². The van der Waals surface area contributed by atoms with Gasteiger partial charge in [0.15, 0.2) is 0 Å². The second kappa shape index (κ2) is 5.93. The molecule has 0 saturated heterocycles. The first-order valence-corrected chi connectivity index (χ1v) is 6.52. The van der Waals surface area contributed by atoms with Crippen LogP contribution in [0.25, 0.3) is 0 Å². The van der Waals surface area contributed by atoms with Crippen LogP contribution < -0.4 is 10.6 Å². The maximum atomic E-state index is 13.3. The summed E-state index contributed by atoms with van der Waals surface area (Å²) in [6, 6.07) is 11.9. The van der Waals surface area contributed by atoms with Crippen LogP contribution in [0.2, 0.25) is 5.02 Å². The van der Waals surface area contributed by atoms with E-state index in [0.717, 1.165) is 17.8 Å². The minimum Gasteiger partial charge on any atom is -0.398 e. The lowest BCUT2D eigenvalue weighted by Gasteiger charge is -2.24. The molecule has 19 heavy (non-hydrogen) atoms. The van der Waals surface area contributed by atoms with Gasteiger partial charge in [-0.05, 0) is 48.9 Å². The minimum absolute atomic E-state index is 0.241. The van der Waals surface area contributed by atoms with Gasteiger partial charge in [-0.3, -0.25) is 0 Å². The van der Waals surface area contributed by atoms with Crippen LogP contribution in [0.5, 0.6) is 0 Å². The van der Waals surface area contributed by atoms with Crippen LogP contribution in [-0.2, 0) is 6.54 Å². The van der Waals surface area contributed by atoms with Crippen LogP contribution in [-0.4, -0.2) is 6.54 Å². The zero-order valence-corrected chi connectivity index (χ0v) is 11.5. The molecular formula is C15H16ClFN2. The summed E-state index contributed by atoms with van der Waals surface area (Å²) in [5.74, 6) is -0.241. The Bertz CT molecular complexity index is 572. The number of hydrogen-bond acceptors (Lipinski definition) is 2. The third-order valence-corrected chi connectivity index (χ3v) is 3.26. The van der Waals surface area contributed by atoms with E-state index >= 15 is 0 Å². The average Bonchev–Trinajstić information content (AvgIpc) is 2.39. The van der Waals surface area contributed by atoms with Crippen LogP contribution in [0, 0.1) is 5.82 Å². The lowest BCUT2D eigenvalue weighted by atomic mass is 10.1. The molecule has 0 aliphatic carbocycles. The molecule has 0 radical (unpaired) electrons. The summed E-state index contributed by atoms with van der Waals surface area (Å²) in [5, 5.41) is 0.652. The van der Waals surface area contributed by atoms with Crippen molar-refractivity contribution in [2.24, 2.45) is 0 Å². The maximum Gasteiger partial charge on any atom is 0.125 e. The quantitative estimate of drug-likeness (QED) is 0.854. The predicted octanol–water partition coefficient (Wildman–Crippen LogP) is 4.09. The summed E-state index contributed by atoms with van der Waals surface area (Å²) in [4.78, 5) is 2.05. The highest BCUT2D eigenvalue weighted by atomic mass is 35.5. The van der Waals surface area contributed by atoms with E-state index in [1.54, 1.807) is 18.2 Å². The summed E-state index contributed by atoms with van der Waals surface area (Å²) in [6.45, 7) is 3.38. The average molecular weight is 279 g/mol. The van der Waals surface area contributed by atoms with Crippen molar-refractivity contribution in [1.29, 1.82) is 0 Å². The standard InChI is InChI=1S/C15H16ClFN2/c1-2-19(14-5-3-4-13(17)9-14)10-11-8-12(16)6-7-15(11)18/h3-9H,2,10,18H2,1H3. The zero-order valence-electron chi connectivity index (χ0n) is 10.7. The lowest BCUT2D eigenvalue weighted by Crippen LogP contribution is -2.22. The Morgan fingerprint density at radius 3 is 2.68 bits per heavy atom. The number of benzene rings is 2. The minimum atomic E-state index is -0.241. The van der Waals surface area contributed by atoms with Gasteiger partial charge in [0.25, 0.3) is 0 Å². The van der Waals surface area contributed by atoms with Crippen LogP contribution in [0.15, 0.2) is 42.5 Å². The first kappa shape index (κ1) is 13.7. The second-order valence-electron chi connectivity index (χ2n) is 4.34. The first-order valence-electron chi connectivity index (χ1n) is 6.14. The molecule has 2 rings (SSSR count). The van der Waals surface area contributed by atoms with Crippen LogP contribution in [0.1, 0.15) is 12.5 Å². The van der Waals surface area contributed by atoms with Gasteiger partial charge in [0.1, 0.15) is 5.82 Å². The molecule has 0 amide bonds. The molecule has 0 saturated carbocycles. The molecule has 0 aliphatic heterocycles. The number of nitrogens with zero attached hydrogens (tertiary/aromatic N) is 1. The van der Waals surface area contributed by atoms with Gasteiger partial charge in [0.05, 0.1) is 0 Å². The summed E-state index contributed by atoms with van der Waals surface area (Å²) >= 11 is 5.98. The van der Waals surface area contributed by atoms with Gasteiger partial charge in [-0.2, -0.15) is 0 Å². The van der Waals surface area contributed by atoms with E-state index in [9.17, 15) is 4.39 Å². The normalized spacial score (nSPS) is 10.5. The highest BCUT2D eigenvalue weighted by molar-refractivity contribution is 6.30. The predicted molar refractivity (Wildman–Crippen MR) is 79.0 cm³/mol. The van der Waals surface area contributed by atoms with E-state index in [1.165, 1.54) is 12.1 Å². The Kier molecular flexibility index (Phi) is 4.27. The molecule has 0 heterocycles. The third kappa shape index (κ3) is 3.38. The Morgan fingerprint density at radius 2 is 2.00 bits per heavy atom. The van der Waals surface area contributed by atoms with Gasteiger partial charge in [-0.1, -0.05) is 17.7 Å². The first-order chi connectivity index (χ1) is 9.10. The molecule has 0 spiro atoms. The highest BCUT2D eigenvalue weighted by Crippen LogP contribution is 2.23. The van der Waals surface area contributed by atoms with E-state index in [0.29, 0.717) is 17.3 Å². The number of halogens is 2. The van der Waals surface area contributed by atoms with Crippen molar-refractivity contribution in [3.63, 3.8) is 0 Å². The van der Waals surface area contributed by atoms with Gasteiger partial charge >= 0.3 is 0 Å². The maximum absolute atomic E-state index is 13.3. The Morgan fingerprint density at radius 1 is 1.21 bits per heavy atom. The van der Waals surface area contributed by atoms with E-state index in [2.05, 4.69) is 0 Å². The van der Waals surface area contributed by atoms with Crippen molar-refractivity contribution in [3.05, 3.63) is 58.9 Å². The zero-order chi connectivity index (χ0) is 13.8. The van der Waals surface area contributed by atoms with E-state index in [4.69, 9.17) is 17.3 Å². The molecule has 2 aromatic rings. The van der Waals surface area contributed by atoms with Crippen molar-refractivity contribution in [2.75, 3.05) is 17.2 Å². The van der Waals surface area contributed by atoms with Crippen molar-refractivity contribution in [3.8, 4) is 0 Å². The summed E-state index contributed by atoms with van der Waals surface area (Å²) in [6.07, 6.45) is 0. The van der Waals surface area contributed by atoms with Crippen molar-refractivity contribution in [2.45, 2.75) is 13.5 Å².